The number of hydrogen-bond donors (Lipinski definition) is 1. The molecule has 100 valence electrons. The van der Waals surface area contributed by atoms with Gasteiger partial charge >= 0.3 is 0 Å². The van der Waals surface area contributed by atoms with Crippen LogP contribution in [0, 0.1) is 19.7 Å². The predicted molar refractivity (Wildman–Crippen MR) is 78.7 cm³/mol. The van der Waals surface area contributed by atoms with Crippen LogP contribution >= 0.6 is 0 Å². The Kier molecular flexibility index (Phi) is 4.33. The van der Waals surface area contributed by atoms with Gasteiger partial charge < -0.3 is 5.32 Å². The lowest BCUT2D eigenvalue weighted by Crippen LogP contribution is -2.11. The molecule has 1 nitrogen and oxygen atoms in total. The Morgan fingerprint density at radius 2 is 1.79 bits per heavy atom. The lowest BCUT2D eigenvalue weighted by molar-refractivity contribution is 0.625. The van der Waals surface area contributed by atoms with Gasteiger partial charge in [-0.05, 0) is 48.7 Å². The van der Waals surface area contributed by atoms with Crippen LogP contribution in [0.3, 0.4) is 0 Å². The Morgan fingerprint density at radius 1 is 1.00 bits per heavy atom. The molecular formula is C17H20FN. The minimum Gasteiger partial charge on any atom is -0.313 e. The van der Waals surface area contributed by atoms with E-state index in [1.165, 1.54) is 11.1 Å². The van der Waals surface area contributed by atoms with Crippen molar-refractivity contribution in [1.29, 1.82) is 0 Å². The van der Waals surface area contributed by atoms with E-state index in [0.29, 0.717) is 12.1 Å². The first-order valence-corrected chi connectivity index (χ1v) is 6.68. The van der Waals surface area contributed by atoms with E-state index >= 15 is 0 Å². The fourth-order valence-corrected chi connectivity index (χ4v) is 2.08. The zero-order chi connectivity index (χ0) is 13.8. The fourth-order valence-electron chi connectivity index (χ4n) is 2.08. The predicted octanol–water partition coefficient (Wildman–Crippen LogP) is 4.22. The topological polar surface area (TPSA) is 12.0 Å². The molecule has 0 spiro atoms. The number of nitrogens with one attached hydrogen (secondary N) is 1. The largest absolute Gasteiger partial charge is 0.313 e. The van der Waals surface area contributed by atoms with Gasteiger partial charge in [0.2, 0.25) is 0 Å². The van der Waals surface area contributed by atoms with Gasteiger partial charge in [0.05, 0.1) is 0 Å². The summed E-state index contributed by atoms with van der Waals surface area (Å²) >= 11 is 0. The third kappa shape index (κ3) is 3.21. The molecule has 2 aromatic carbocycles. The third-order valence-corrected chi connectivity index (χ3v) is 3.43. The molecule has 0 unspecified atom stereocenters. The quantitative estimate of drug-likeness (QED) is 0.864. The maximum absolute atomic E-state index is 14.2. The third-order valence-electron chi connectivity index (χ3n) is 3.43. The monoisotopic (exact) mass is 257 g/mol. The molecular weight excluding hydrogens is 237 g/mol. The van der Waals surface area contributed by atoms with E-state index in [9.17, 15) is 4.39 Å². The molecule has 2 rings (SSSR count). The van der Waals surface area contributed by atoms with Crippen LogP contribution in [-0.2, 0) is 6.54 Å². The Hall–Kier alpha value is -1.67. The molecule has 0 heterocycles. The van der Waals surface area contributed by atoms with Gasteiger partial charge in [0.1, 0.15) is 5.82 Å². The molecule has 0 radical (unpaired) electrons. The van der Waals surface area contributed by atoms with Crippen molar-refractivity contribution in [2.45, 2.75) is 27.3 Å². The van der Waals surface area contributed by atoms with Crippen molar-refractivity contribution < 1.29 is 4.39 Å². The highest BCUT2D eigenvalue weighted by Crippen LogP contribution is 2.25. The van der Waals surface area contributed by atoms with Crippen molar-refractivity contribution in [1.82, 2.24) is 5.32 Å². The van der Waals surface area contributed by atoms with Gasteiger partial charge in [0.25, 0.3) is 0 Å². The van der Waals surface area contributed by atoms with Crippen LogP contribution in [0.25, 0.3) is 11.1 Å². The Balaban J connectivity index is 2.32. The van der Waals surface area contributed by atoms with Crippen LogP contribution in [0.1, 0.15) is 23.6 Å². The Bertz CT molecular complexity index is 575. The van der Waals surface area contributed by atoms with Crippen LogP contribution in [0.2, 0.25) is 0 Å². The average molecular weight is 257 g/mol. The lowest BCUT2D eigenvalue weighted by Gasteiger charge is -2.09. The van der Waals surface area contributed by atoms with Gasteiger partial charge in [-0.3, -0.25) is 0 Å². The number of halogens is 1. The van der Waals surface area contributed by atoms with Crippen molar-refractivity contribution in [2.75, 3.05) is 6.54 Å². The first-order chi connectivity index (χ1) is 9.11. The van der Waals surface area contributed by atoms with Gasteiger partial charge in [0.15, 0.2) is 0 Å². The minimum absolute atomic E-state index is 0.154. The van der Waals surface area contributed by atoms with Crippen molar-refractivity contribution in [3.8, 4) is 11.1 Å². The maximum atomic E-state index is 14.2. The zero-order valence-corrected chi connectivity index (χ0v) is 11.8. The molecule has 0 saturated heterocycles. The van der Waals surface area contributed by atoms with Crippen molar-refractivity contribution >= 4 is 0 Å². The molecule has 2 heteroatoms. The van der Waals surface area contributed by atoms with Crippen molar-refractivity contribution in [2.24, 2.45) is 0 Å². The van der Waals surface area contributed by atoms with E-state index in [0.717, 1.165) is 17.7 Å². The Labute approximate surface area is 114 Å². The summed E-state index contributed by atoms with van der Waals surface area (Å²) in [7, 11) is 0. The van der Waals surface area contributed by atoms with E-state index in [4.69, 9.17) is 0 Å². The van der Waals surface area contributed by atoms with Gasteiger partial charge in [-0.2, -0.15) is 0 Å². The van der Waals surface area contributed by atoms with E-state index in [2.05, 4.69) is 19.2 Å². The summed E-state index contributed by atoms with van der Waals surface area (Å²) in [6, 6.07) is 11.5. The summed E-state index contributed by atoms with van der Waals surface area (Å²) in [5, 5.41) is 3.20. The molecule has 0 fully saturated rings. The van der Waals surface area contributed by atoms with E-state index in [1.54, 1.807) is 6.07 Å². The molecule has 0 aliphatic heterocycles. The summed E-state index contributed by atoms with van der Waals surface area (Å²) in [5.74, 6) is -0.154. The smallest absolute Gasteiger partial charge is 0.131 e. The highest BCUT2D eigenvalue weighted by molar-refractivity contribution is 5.65. The van der Waals surface area contributed by atoms with E-state index in [-0.39, 0.29) is 5.82 Å². The molecule has 0 atom stereocenters. The van der Waals surface area contributed by atoms with Crippen LogP contribution in [-0.4, -0.2) is 6.54 Å². The molecule has 2 aromatic rings. The molecule has 0 saturated carbocycles. The summed E-state index contributed by atoms with van der Waals surface area (Å²) in [6.07, 6.45) is 0. The van der Waals surface area contributed by atoms with Crippen LogP contribution in [0.5, 0.6) is 0 Å². The maximum Gasteiger partial charge on any atom is 0.131 e. The SMILES string of the molecule is CCNCc1ccc(-c2ccc(C)c(C)c2)c(F)c1. The fraction of sp³-hybridized carbons (Fsp3) is 0.294. The molecule has 0 amide bonds. The van der Waals surface area contributed by atoms with Crippen LogP contribution in [0.4, 0.5) is 4.39 Å². The highest BCUT2D eigenvalue weighted by atomic mass is 19.1. The average Bonchev–Trinajstić information content (AvgIpc) is 2.40. The molecule has 19 heavy (non-hydrogen) atoms. The first-order valence-electron chi connectivity index (χ1n) is 6.68. The van der Waals surface area contributed by atoms with Crippen molar-refractivity contribution in [3.63, 3.8) is 0 Å². The van der Waals surface area contributed by atoms with Gasteiger partial charge in [-0.25, -0.2) is 4.39 Å². The summed E-state index contributed by atoms with van der Waals surface area (Å²) in [5.41, 5.74) is 5.01. The van der Waals surface area contributed by atoms with Gasteiger partial charge in [-0.15, -0.1) is 0 Å². The standard InChI is InChI=1S/C17H20FN/c1-4-19-11-14-6-8-16(17(18)10-14)15-7-5-12(2)13(3)9-15/h5-10,19H,4,11H2,1-3H3. The molecule has 1 N–H and O–H groups in total. The van der Waals surface area contributed by atoms with Crippen molar-refractivity contribution in [3.05, 3.63) is 58.9 Å². The second-order valence-electron chi connectivity index (χ2n) is 4.89. The summed E-state index contributed by atoms with van der Waals surface area (Å²) in [4.78, 5) is 0. The first kappa shape index (κ1) is 13.8. The molecule has 0 aliphatic carbocycles. The van der Waals surface area contributed by atoms with Crippen LogP contribution in [0.15, 0.2) is 36.4 Å². The molecule has 0 bridgehead atoms. The number of aryl methyl sites for hydroxylation is 2. The second kappa shape index (κ2) is 5.98. The van der Waals surface area contributed by atoms with Crippen LogP contribution < -0.4 is 5.32 Å². The van der Waals surface area contributed by atoms with E-state index < -0.39 is 0 Å². The number of hydrogen-bond acceptors (Lipinski definition) is 1. The Morgan fingerprint density at radius 3 is 2.42 bits per heavy atom. The van der Waals surface area contributed by atoms with E-state index in [1.807, 2.05) is 37.3 Å². The summed E-state index contributed by atoms with van der Waals surface area (Å²) in [6.45, 7) is 7.76. The number of benzene rings is 2. The highest BCUT2D eigenvalue weighted by Gasteiger charge is 2.07. The minimum atomic E-state index is -0.154. The normalized spacial score (nSPS) is 10.7. The zero-order valence-electron chi connectivity index (χ0n) is 11.8. The molecule has 0 aliphatic rings. The summed E-state index contributed by atoms with van der Waals surface area (Å²) < 4.78 is 14.2. The number of rotatable bonds is 4. The lowest BCUT2D eigenvalue weighted by atomic mass is 9.99. The van der Waals surface area contributed by atoms with Gasteiger partial charge in [-0.1, -0.05) is 37.3 Å². The van der Waals surface area contributed by atoms with Gasteiger partial charge in [0, 0.05) is 12.1 Å². The molecule has 0 aromatic heterocycles. The second-order valence-corrected chi connectivity index (χ2v) is 4.89.